The first kappa shape index (κ1) is 20.8. The fourth-order valence-corrected chi connectivity index (χ4v) is 3.90. The third-order valence-corrected chi connectivity index (χ3v) is 5.50. The number of benzene rings is 2. The highest BCUT2D eigenvalue weighted by Gasteiger charge is 2.31. The molecule has 0 fully saturated rings. The highest BCUT2D eigenvalue weighted by Crippen LogP contribution is 2.36. The van der Waals surface area contributed by atoms with Crippen molar-refractivity contribution in [3.63, 3.8) is 0 Å². The zero-order valence-electron chi connectivity index (χ0n) is 14.5. The maximum atomic E-state index is 12.5. The molecule has 0 radical (unpaired) electrons. The predicted molar refractivity (Wildman–Crippen MR) is 105 cm³/mol. The molecule has 1 heterocycles. The number of alkyl halides is 3. The van der Waals surface area contributed by atoms with Crippen molar-refractivity contribution in [2.75, 3.05) is 4.90 Å². The Hall–Kier alpha value is -2.90. The number of carbonyl (C=O) groups is 1. The van der Waals surface area contributed by atoms with E-state index in [4.69, 9.17) is 5.26 Å². The Bertz CT molecular complexity index is 1060. The third kappa shape index (κ3) is 5.34. The Balaban J connectivity index is 1.98. The fraction of sp³-hybridized carbons (Fsp3) is 0.105. The molecule has 148 valence electrons. The number of hydrogen-bond acceptors (Lipinski definition) is 6. The molecule has 0 unspecified atom stereocenters. The lowest BCUT2D eigenvalue weighted by Crippen LogP contribution is -2.18. The van der Waals surface area contributed by atoms with E-state index < -0.39 is 6.36 Å². The van der Waals surface area contributed by atoms with E-state index in [1.54, 1.807) is 35.2 Å². The summed E-state index contributed by atoms with van der Waals surface area (Å²) >= 11 is 4.49. The molecule has 0 saturated heterocycles. The normalized spacial score (nSPS) is 11.0. The first-order valence-electron chi connectivity index (χ1n) is 8.03. The Kier molecular flexibility index (Phi) is 6.20. The summed E-state index contributed by atoms with van der Waals surface area (Å²) in [7, 11) is 0. The number of nitriles is 1. The van der Waals surface area contributed by atoms with Crippen molar-refractivity contribution in [1.82, 2.24) is 4.98 Å². The Morgan fingerprint density at radius 1 is 1.24 bits per heavy atom. The highest BCUT2D eigenvalue weighted by atomic mass is 79.9. The average Bonchev–Trinajstić information content (AvgIpc) is 3.05. The summed E-state index contributed by atoms with van der Waals surface area (Å²) < 4.78 is 42.1. The van der Waals surface area contributed by atoms with Gasteiger partial charge in [-0.1, -0.05) is 23.5 Å². The van der Waals surface area contributed by atoms with E-state index in [1.807, 2.05) is 6.07 Å². The van der Waals surface area contributed by atoms with Crippen LogP contribution in [0.4, 0.5) is 24.0 Å². The molecule has 5 nitrogen and oxygen atoms in total. The van der Waals surface area contributed by atoms with E-state index in [0.717, 1.165) is 0 Å². The van der Waals surface area contributed by atoms with Gasteiger partial charge >= 0.3 is 6.36 Å². The van der Waals surface area contributed by atoms with Crippen LogP contribution in [0, 0.1) is 11.3 Å². The number of nitrogens with zero attached hydrogens (tertiary/aromatic N) is 3. The minimum absolute atomic E-state index is 0.166. The number of ether oxygens (including phenoxy) is 1. The van der Waals surface area contributed by atoms with Crippen molar-refractivity contribution >= 4 is 44.4 Å². The number of halogens is 4. The summed E-state index contributed by atoms with van der Waals surface area (Å²) in [4.78, 5) is 17.2. The van der Waals surface area contributed by atoms with Crippen molar-refractivity contribution in [3.05, 3.63) is 69.1 Å². The van der Waals surface area contributed by atoms with Crippen molar-refractivity contribution in [2.24, 2.45) is 0 Å². The first-order valence-corrected chi connectivity index (χ1v) is 9.64. The predicted octanol–water partition coefficient (Wildman–Crippen LogP) is 5.83. The topological polar surface area (TPSA) is 66.2 Å². The molecule has 3 rings (SSSR count). The second-order valence-corrected chi connectivity index (χ2v) is 8.01. The van der Waals surface area contributed by atoms with E-state index in [9.17, 15) is 18.0 Å². The summed E-state index contributed by atoms with van der Waals surface area (Å²) in [5.41, 5.74) is 1.88. The van der Waals surface area contributed by atoms with Gasteiger partial charge in [-0.25, -0.2) is 4.98 Å². The number of aldehydes is 1. The molecule has 0 aliphatic rings. The van der Waals surface area contributed by atoms with E-state index in [1.165, 1.54) is 29.5 Å². The second kappa shape index (κ2) is 8.63. The number of hydrogen-bond donors (Lipinski definition) is 0. The van der Waals surface area contributed by atoms with Gasteiger partial charge in [0, 0.05) is 5.69 Å². The molecular formula is C19H11BrF3N3O2S. The van der Waals surface area contributed by atoms with Crippen molar-refractivity contribution < 1.29 is 22.7 Å². The molecule has 10 heteroatoms. The first-order chi connectivity index (χ1) is 13.8. The van der Waals surface area contributed by atoms with Gasteiger partial charge < -0.3 is 9.64 Å². The monoisotopic (exact) mass is 481 g/mol. The van der Waals surface area contributed by atoms with Gasteiger partial charge in [0.1, 0.15) is 15.2 Å². The molecule has 0 bridgehead atoms. The van der Waals surface area contributed by atoms with Crippen LogP contribution in [0.1, 0.15) is 21.6 Å². The van der Waals surface area contributed by atoms with Crippen LogP contribution in [-0.2, 0) is 6.54 Å². The summed E-state index contributed by atoms with van der Waals surface area (Å²) in [6.45, 7) is 0.166. The molecule has 3 aromatic rings. The summed E-state index contributed by atoms with van der Waals surface area (Å²) in [6, 6.07) is 14.3. The fourth-order valence-electron chi connectivity index (χ4n) is 2.50. The number of carbonyl (C=O) groups excluding carboxylic acids is 1. The van der Waals surface area contributed by atoms with Gasteiger partial charge in [0.25, 0.3) is 0 Å². The van der Waals surface area contributed by atoms with Gasteiger partial charge in [-0.2, -0.15) is 5.26 Å². The number of rotatable bonds is 6. The van der Waals surface area contributed by atoms with Gasteiger partial charge in [-0.15, -0.1) is 13.2 Å². The molecule has 1 aromatic heterocycles. The lowest BCUT2D eigenvalue weighted by atomic mass is 10.1. The molecule has 0 atom stereocenters. The van der Waals surface area contributed by atoms with Gasteiger partial charge in [0.2, 0.25) is 0 Å². The van der Waals surface area contributed by atoms with E-state index in [0.29, 0.717) is 32.0 Å². The van der Waals surface area contributed by atoms with Crippen LogP contribution < -0.4 is 9.64 Å². The second-order valence-electron chi connectivity index (χ2n) is 5.71. The van der Waals surface area contributed by atoms with Crippen LogP contribution in [0.25, 0.3) is 0 Å². The minimum atomic E-state index is -4.79. The number of thiazole rings is 1. The molecule has 0 N–H and O–H groups in total. The molecular weight excluding hydrogens is 471 g/mol. The van der Waals surface area contributed by atoms with Gasteiger partial charge in [0.05, 0.1) is 18.2 Å². The van der Waals surface area contributed by atoms with Crippen LogP contribution in [-0.4, -0.2) is 17.6 Å². The SMILES string of the molecule is N#Cc1ccc(N(Cc2cccc(OC(F)(F)F)c2)c2nc(C=O)c(Br)s2)cc1. The quantitative estimate of drug-likeness (QED) is 0.414. The van der Waals surface area contributed by atoms with E-state index in [2.05, 4.69) is 25.7 Å². The van der Waals surface area contributed by atoms with Crippen LogP contribution in [0.3, 0.4) is 0 Å². The third-order valence-electron chi connectivity index (χ3n) is 3.72. The lowest BCUT2D eigenvalue weighted by Gasteiger charge is -2.22. The Morgan fingerprint density at radius 2 is 1.97 bits per heavy atom. The summed E-state index contributed by atoms with van der Waals surface area (Å²) in [5.74, 6) is -0.330. The largest absolute Gasteiger partial charge is 0.573 e. The van der Waals surface area contributed by atoms with Crippen LogP contribution >= 0.6 is 27.3 Å². The van der Waals surface area contributed by atoms with Crippen molar-refractivity contribution in [3.8, 4) is 11.8 Å². The van der Waals surface area contributed by atoms with Crippen molar-refractivity contribution in [1.29, 1.82) is 5.26 Å². The molecule has 0 saturated carbocycles. The van der Waals surface area contributed by atoms with Crippen LogP contribution in [0.2, 0.25) is 0 Å². The van der Waals surface area contributed by atoms with Gasteiger partial charge in [-0.3, -0.25) is 4.79 Å². The molecule has 0 spiro atoms. The zero-order chi connectivity index (χ0) is 21.0. The minimum Gasteiger partial charge on any atom is -0.406 e. The number of anilines is 2. The molecule has 29 heavy (non-hydrogen) atoms. The smallest absolute Gasteiger partial charge is 0.406 e. The molecule has 0 aliphatic heterocycles. The molecule has 0 aliphatic carbocycles. The van der Waals surface area contributed by atoms with Crippen LogP contribution in [0.5, 0.6) is 5.75 Å². The standard InChI is InChI=1S/C19H11BrF3N3O2S/c20-17-16(11-27)25-18(29-17)26(14-6-4-12(9-24)5-7-14)10-13-2-1-3-15(8-13)28-19(21,22)23/h1-8,11H,10H2. The molecule has 0 amide bonds. The summed E-state index contributed by atoms with van der Waals surface area (Å²) in [6.07, 6.45) is -4.18. The van der Waals surface area contributed by atoms with Crippen molar-refractivity contribution in [2.45, 2.75) is 12.9 Å². The summed E-state index contributed by atoms with van der Waals surface area (Å²) in [5, 5.41) is 9.45. The van der Waals surface area contributed by atoms with Gasteiger partial charge in [0.15, 0.2) is 11.4 Å². The Morgan fingerprint density at radius 3 is 2.55 bits per heavy atom. The van der Waals surface area contributed by atoms with Gasteiger partial charge in [-0.05, 0) is 57.9 Å². The number of aromatic nitrogens is 1. The van der Waals surface area contributed by atoms with Crippen LogP contribution in [0.15, 0.2) is 52.3 Å². The maximum absolute atomic E-state index is 12.5. The maximum Gasteiger partial charge on any atom is 0.573 e. The lowest BCUT2D eigenvalue weighted by molar-refractivity contribution is -0.274. The molecule has 2 aromatic carbocycles. The van der Waals surface area contributed by atoms with E-state index >= 15 is 0 Å². The Labute approximate surface area is 176 Å². The average molecular weight is 482 g/mol. The highest BCUT2D eigenvalue weighted by molar-refractivity contribution is 9.11. The van der Waals surface area contributed by atoms with E-state index in [-0.39, 0.29) is 18.0 Å². The zero-order valence-corrected chi connectivity index (χ0v) is 16.9.